The van der Waals surface area contributed by atoms with E-state index in [1.807, 2.05) is 40.7 Å². The van der Waals surface area contributed by atoms with Crippen molar-refractivity contribution in [1.82, 2.24) is 0 Å². The van der Waals surface area contributed by atoms with Gasteiger partial charge in [0, 0.05) is 12.6 Å². The van der Waals surface area contributed by atoms with Crippen LogP contribution in [0.5, 0.6) is 0 Å². The van der Waals surface area contributed by atoms with Crippen molar-refractivity contribution in [1.29, 1.82) is 0 Å². The maximum atomic E-state index is 3.80. The van der Waals surface area contributed by atoms with Gasteiger partial charge in [0.05, 0.1) is 5.70 Å². The maximum Gasteiger partial charge on any atom is 0.0852 e. The van der Waals surface area contributed by atoms with Gasteiger partial charge in [0.1, 0.15) is 0 Å². The number of rotatable bonds is 4. The van der Waals surface area contributed by atoms with E-state index in [-0.39, 0.29) is 0 Å². The topological polar surface area (TPSA) is 24.7 Å². The molecule has 0 N–H and O–H groups in total. The highest BCUT2D eigenvalue weighted by molar-refractivity contribution is 5.40. The van der Waals surface area contributed by atoms with Crippen LogP contribution >= 0.6 is 0 Å². The summed E-state index contributed by atoms with van der Waals surface area (Å²) in [5, 5.41) is 7.42. The van der Waals surface area contributed by atoms with Crippen molar-refractivity contribution in [3.63, 3.8) is 0 Å². The Morgan fingerprint density at radius 1 is 1.06 bits per heavy atom. The minimum Gasteiger partial charge on any atom is -0.192 e. The number of allylic oxidation sites excluding steroid dienone is 3. The molecular weight excluding hydrogens is 196 g/mol. The molecule has 0 aromatic carbocycles. The second-order valence-electron chi connectivity index (χ2n) is 2.40. The predicted molar refractivity (Wildman–Crippen MR) is 75.7 cm³/mol. The van der Waals surface area contributed by atoms with Gasteiger partial charge in [0.25, 0.3) is 0 Å². The molecule has 0 saturated carbocycles. The van der Waals surface area contributed by atoms with Crippen molar-refractivity contribution >= 4 is 0 Å². The number of hydrogen-bond donors (Lipinski definition) is 0. The van der Waals surface area contributed by atoms with Crippen LogP contribution in [0.4, 0.5) is 0 Å². The Kier molecular flexibility index (Phi) is 20.0. The van der Waals surface area contributed by atoms with Crippen LogP contribution < -0.4 is 0 Å². The van der Waals surface area contributed by atoms with Crippen molar-refractivity contribution in [2.24, 2.45) is 10.2 Å². The molecule has 2 nitrogen and oxygen atoms in total. The SMILES string of the molecule is C=C/C(=C/C(=C)C)C(=C)N=NC.CC.CC. The lowest BCUT2D eigenvalue weighted by molar-refractivity contribution is 1.11. The average Bonchev–Trinajstić information content (AvgIpc) is 2.31. The molecule has 0 fully saturated rings. The molecule has 0 spiro atoms. The van der Waals surface area contributed by atoms with E-state index in [1.165, 1.54) is 0 Å². The molecule has 0 rings (SSSR count). The van der Waals surface area contributed by atoms with Gasteiger partial charge in [0.2, 0.25) is 0 Å². The molecule has 16 heavy (non-hydrogen) atoms. The highest BCUT2D eigenvalue weighted by atomic mass is 15.1. The first-order valence-electron chi connectivity index (χ1n) is 5.60. The quantitative estimate of drug-likeness (QED) is 0.454. The van der Waals surface area contributed by atoms with E-state index < -0.39 is 0 Å². The fraction of sp³-hybridized carbons (Fsp3) is 0.429. The van der Waals surface area contributed by atoms with Crippen molar-refractivity contribution < 1.29 is 0 Å². The Balaban J connectivity index is -0.000000376. The highest BCUT2D eigenvalue weighted by Gasteiger charge is 1.95. The zero-order valence-electron chi connectivity index (χ0n) is 11.7. The third kappa shape index (κ3) is 12.6. The molecule has 0 aromatic heterocycles. The Labute approximate surface area is 101 Å². The highest BCUT2D eigenvalue weighted by Crippen LogP contribution is 2.12. The number of nitrogens with zero attached hydrogens (tertiary/aromatic N) is 2. The lowest BCUT2D eigenvalue weighted by atomic mass is 10.1. The first-order valence-corrected chi connectivity index (χ1v) is 5.60. The Morgan fingerprint density at radius 2 is 1.50 bits per heavy atom. The van der Waals surface area contributed by atoms with E-state index >= 15 is 0 Å². The average molecular weight is 222 g/mol. The van der Waals surface area contributed by atoms with Crippen LogP contribution in [0, 0.1) is 0 Å². The Hall–Kier alpha value is -1.44. The minimum absolute atomic E-state index is 0.607. The van der Waals surface area contributed by atoms with Crippen molar-refractivity contribution in [2.45, 2.75) is 34.6 Å². The van der Waals surface area contributed by atoms with Gasteiger partial charge in [0.15, 0.2) is 0 Å². The number of hydrogen-bond acceptors (Lipinski definition) is 2. The molecule has 0 aliphatic carbocycles. The third-order valence-electron chi connectivity index (χ3n) is 1.18. The zero-order valence-corrected chi connectivity index (χ0v) is 11.7. The van der Waals surface area contributed by atoms with Crippen molar-refractivity contribution in [3.05, 3.63) is 48.7 Å². The molecule has 92 valence electrons. The van der Waals surface area contributed by atoms with E-state index in [0.29, 0.717) is 5.70 Å². The molecule has 0 unspecified atom stereocenters. The van der Waals surface area contributed by atoms with Crippen LogP contribution in [0.25, 0.3) is 0 Å². The van der Waals surface area contributed by atoms with E-state index in [1.54, 1.807) is 13.1 Å². The lowest BCUT2D eigenvalue weighted by Crippen LogP contribution is -1.80. The standard InChI is InChI=1S/C10H14N2.2C2H6/c1-6-10(7-8(2)3)9(4)12-11-5;2*1-2/h6-7H,1-2,4H2,3,5H3;2*1-2H3/b10-7-,12-11?;;. The summed E-state index contributed by atoms with van der Waals surface area (Å²) < 4.78 is 0. The third-order valence-corrected chi connectivity index (χ3v) is 1.18. The second kappa shape index (κ2) is 16.0. The summed E-state index contributed by atoms with van der Waals surface area (Å²) in [7, 11) is 1.60. The van der Waals surface area contributed by atoms with Crippen LogP contribution in [-0.4, -0.2) is 7.05 Å². The van der Waals surface area contributed by atoms with E-state index in [9.17, 15) is 0 Å². The molecule has 0 aliphatic heterocycles. The summed E-state index contributed by atoms with van der Waals surface area (Å²) in [4.78, 5) is 0. The molecule has 0 amide bonds. The fourth-order valence-corrected chi connectivity index (χ4v) is 0.704. The van der Waals surface area contributed by atoms with E-state index in [0.717, 1.165) is 11.1 Å². The molecule has 0 atom stereocenters. The summed E-state index contributed by atoms with van der Waals surface area (Å²) in [6.45, 7) is 21.0. The minimum atomic E-state index is 0.607. The van der Waals surface area contributed by atoms with Crippen molar-refractivity contribution in [3.8, 4) is 0 Å². The molecule has 0 aliphatic rings. The second-order valence-corrected chi connectivity index (χ2v) is 2.40. The fourth-order valence-electron chi connectivity index (χ4n) is 0.704. The lowest BCUT2D eigenvalue weighted by Gasteiger charge is -1.98. The smallest absolute Gasteiger partial charge is 0.0852 e. The Bertz CT molecular complexity index is 258. The van der Waals surface area contributed by atoms with Gasteiger partial charge < -0.3 is 0 Å². The molecular formula is C14H26N2. The molecule has 0 saturated heterocycles. The summed E-state index contributed by atoms with van der Waals surface area (Å²) in [6.07, 6.45) is 3.55. The zero-order chi connectivity index (χ0) is 13.6. The largest absolute Gasteiger partial charge is 0.192 e. The van der Waals surface area contributed by atoms with Gasteiger partial charge in [-0.15, -0.1) is 0 Å². The van der Waals surface area contributed by atoms with Gasteiger partial charge in [-0.1, -0.05) is 65.2 Å². The van der Waals surface area contributed by atoms with Crippen LogP contribution in [0.2, 0.25) is 0 Å². The van der Waals surface area contributed by atoms with Gasteiger partial charge in [-0.05, 0) is 6.92 Å². The van der Waals surface area contributed by atoms with Crippen molar-refractivity contribution in [2.75, 3.05) is 7.05 Å². The van der Waals surface area contributed by atoms with Gasteiger partial charge in [-0.2, -0.15) is 10.2 Å². The first kappa shape index (κ1) is 20.0. The summed E-state index contributed by atoms with van der Waals surface area (Å²) in [5.74, 6) is 0. The van der Waals surface area contributed by atoms with Crippen LogP contribution in [0.15, 0.2) is 59.0 Å². The molecule has 2 heteroatoms. The van der Waals surface area contributed by atoms with Crippen LogP contribution in [0.1, 0.15) is 34.6 Å². The molecule has 0 radical (unpaired) electrons. The maximum absolute atomic E-state index is 3.80. The normalized spacial score (nSPS) is 9.50. The summed E-state index contributed by atoms with van der Waals surface area (Å²) in [5.41, 5.74) is 2.40. The van der Waals surface area contributed by atoms with Gasteiger partial charge in [-0.25, -0.2) is 0 Å². The number of azo groups is 1. The van der Waals surface area contributed by atoms with Crippen LogP contribution in [0.3, 0.4) is 0 Å². The summed E-state index contributed by atoms with van der Waals surface area (Å²) in [6, 6.07) is 0. The first-order chi connectivity index (χ1) is 7.61. The molecule has 0 bridgehead atoms. The predicted octanol–water partition coefficient (Wildman–Crippen LogP) is 5.32. The Morgan fingerprint density at radius 3 is 1.75 bits per heavy atom. The van der Waals surface area contributed by atoms with Gasteiger partial charge >= 0.3 is 0 Å². The monoisotopic (exact) mass is 222 g/mol. The molecule has 0 heterocycles. The molecule has 0 aromatic rings. The van der Waals surface area contributed by atoms with E-state index in [2.05, 4.69) is 30.0 Å². The van der Waals surface area contributed by atoms with Crippen LogP contribution in [-0.2, 0) is 0 Å². The van der Waals surface area contributed by atoms with Gasteiger partial charge in [-0.3, -0.25) is 0 Å². The van der Waals surface area contributed by atoms with E-state index in [4.69, 9.17) is 0 Å². The summed E-state index contributed by atoms with van der Waals surface area (Å²) >= 11 is 0.